The van der Waals surface area contributed by atoms with E-state index in [4.69, 9.17) is 21.1 Å². The molecule has 0 bridgehead atoms. The summed E-state index contributed by atoms with van der Waals surface area (Å²) in [5.74, 6) is 0.188. The van der Waals surface area contributed by atoms with Crippen LogP contribution in [0.2, 0.25) is 5.02 Å². The van der Waals surface area contributed by atoms with Crippen LogP contribution in [0.3, 0.4) is 0 Å². The normalized spacial score (nSPS) is 16.3. The molecule has 0 spiro atoms. The molecule has 0 saturated carbocycles. The zero-order valence-corrected chi connectivity index (χ0v) is 23.2. The summed E-state index contributed by atoms with van der Waals surface area (Å²) < 4.78 is 10.7. The molecule has 3 aromatic carbocycles. The van der Waals surface area contributed by atoms with Gasteiger partial charge in [0.05, 0.1) is 19.3 Å². The number of rotatable bonds is 9. The summed E-state index contributed by atoms with van der Waals surface area (Å²) >= 11 is 6.09. The van der Waals surface area contributed by atoms with Gasteiger partial charge in [-0.05, 0) is 86.8 Å². The van der Waals surface area contributed by atoms with Crippen LogP contribution in [0.4, 0.5) is 11.4 Å². The van der Waals surface area contributed by atoms with Crippen molar-refractivity contribution in [1.82, 2.24) is 0 Å². The van der Waals surface area contributed by atoms with E-state index in [1.807, 2.05) is 43.3 Å². The Morgan fingerprint density at radius 1 is 1.00 bits per heavy atom. The molecule has 1 aliphatic heterocycles. The second-order valence-corrected chi connectivity index (χ2v) is 9.92. The molecule has 0 aromatic heterocycles. The Kier molecular flexibility index (Phi) is 9.25. The molecule has 0 N–H and O–H groups in total. The monoisotopic (exact) mass is 548 g/mol. The highest BCUT2D eigenvalue weighted by molar-refractivity contribution is 6.30. The van der Waals surface area contributed by atoms with E-state index in [-0.39, 0.29) is 29.9 Å². The number of carbonyl (C=O) groups is 3. The van der Waals surface area contributed by atoms with E-state index in [0.29, 0.717) is 48.8 Å². The smallest absolute Gasteiger partial charge is 0.305 e. The number of benzene rings is 3. The number of halogens is 1. The number of nitrogens with zero attached hydrogens (tertiary/aromatic N) is 2. The lowest BCUT2D eigenvalue weighted by Crippen LogP contribution is -2.47. The van der Waals surface area contributed by atoms with Crippen LogP contribution in [0.25, 0.3) is 0 Å². The van der Waals surface area contributed by atoms with E-state index in [1.54, 1.807) is 60.0 Å². The molecule has 2 unspecified atom stereocenters. The van der Waals surface area contributed by atoms with E-state index in [9.17, 15) is 14.4 Å². The van der Waals surface area contributed by atoms with Crippen LogP contribution < -0.4 is 14.5 Å². The summed E-state index contributed by atoms with van der Waals surface area (Å²) in [6.07, 6.45) is 1.43. The summed E-state index contributed by atoms with van der Waals surface area (Å²) in [4.78, 5) is 41.6. The van der Waals surface area contributed by atoms with Crippen LogP contribution in [0.1, 0.15) is 62.0 Å². The van der Waals surface area contributed by atoms with E-state index in [0.717, 1.165) is 16.9 Å². The molecule has 1 aliphatic rings. The Morgan fingerprint density at radius 3 is 2.36 bits per heavy atom. The highest BCUT2D eigenvalue weighted by atomic mass is 35.5. The van der Waals surface area contributed by atoms with Crippen molar-refractivity contribution < 1.29 is 23.9 Å². The third kappa shape index (κ3) is 6.60. The van der Waals surface area contributed by atoms with Crippen molar-refractivity contribution in [2.75, 3.05) is 23.0 Å². The molecule has 2 amide bonds. The topological polar surface area (TPSA) is 76.2 Å². The molecule has 4 rings (SSSR count). The first-order chi connectivity index (χ1) is 18.8. The van der Waals surface area contributed by atoms with E-state index >= 15 is 0 Å². The van der Waals surface area contributed by atoms with Crippen LogP contribution in [-0.4, -0.2) is 37.0 Å². The fraction of sp³-hybridized carbons (Fsp3) is 0.323. The van der Waals surface area contributed by atoms with Gasteiger partial charge in [-0.3, -0.25) is 14.4 Å². The highest BCUT2D eigenvalue weighted by Gasteiger charge is 2.38. The molecule has 1 heterocycles. The first kappa shape index (κ1) is 28.2. The summed E-state index contributed by atoms with van der Waals surface area (Å²) in [5, 5.41) is 0.601. The molecule has 204 valence electrons. The van der Waals surface area contributed by atoms with Crippen LogP contribution in [0.5, 0.6) is 5.75 Å². The van der Waals surface area contributed by atoms with Crippen molar-refractivity contribution in [1.29, 1.82) is 0 Å². The second kappa shape index (κ2) is 12.8. The quantitative estimate of drug-likeness (QED) is 0.222. The van der Waals surface area contributed by atoms with Crippen molar-refractivity contribution in [2.24, 2.45) is 0 Å². The highest BCUT2D eigenvalue weighted by Crippen LogP contribution is 2.43. The molecule has 7 nitrogen and oxygen atoms in total. The van der Waals surface area contributed by atoms with Gasteiger partial charge in [0, 0.05) is 41.3 Å². The van der Waals surface area contributed by atoms with Gasteiger partial charge in [-0.1, -0.05) is 29.8 Å². The first-order valence-electron chi connectivity index (χ1n) is 13.2. The number of esters is 1. The Balaban J connectivity index is 1.52. The number of fused-ring (bicyclic) bond motifs is 1. The van der Waals surface area contributed by atoms with E-state index in [1.165, 1.54) is 0 Å². The van der Waals surface area contributed by atoms with E-state index in [2.05, 4.69) is 0 Å². The van der Waals surface area contributed by atoms with Crippen molar-refractivity contribution in [2.45, 2.75) is 52.1 Å². The van der Waals surface area contributed by atoms with Crippen LogP contribution in [-0.2, 0) is 14.3 Å². The van der Waals surface area contributed by atoms with Gasteiger partial charge in [0.2, 0.25) is 5.91 Å². The summed E-state index contributed by atoms with van der Waals surface area (Å²) in [6.45, 7) is 6.08. The molecular formula is C31H33ClN2O5. The summed E-state index contributed by atoms with van der Waals surface area (Å²) in [7, 11) is 0. The third-order valence-corrected chi connectivity index (χ3v) is 6.99. The average molecular weight is 549 g/mol. The number of para-hydroxylation sites is 1. The Labute approximate surface area is 234 Å². The maximum Gasteiger partial charge on any atom is 0.305 e. The lowest BCUT2D eigenvalue weighted by atomic mass is 9.89. The molecule has 3 aromatic rings. The van der Waals surface area contributed by atoms with Crippen molar-refractivity contribution in [3.63, 3.8) is 0 Å². The van der Waals surface area contributed by atoms with Gasteiger partial charge in [-0.25, -0.2) is 0 Å². The van der Waals surface area contributed by atoms with Gasteiger partial charge in [0.15, 0.2) is 0 Å². The Hall–Kier alpha value is -3.84. The number of hydrogen-bond donors (Lipinski definition) is 0. The molecule has 2 atom stereocenters. The molecule has 8 heteroatoms. The predicted octanol–water partition coefficient (Wildman–Crippen LogP) is 6.60. The van der Waals surface area contributed by atoms with Crippen molar-refractivity contribution >= 4 is 40.8 Å². The minimum atomic E-state index is -0.236. The number of carbonyl (C=O) groups excluding carboxylic acids is 3. The second-order valence-electron chi connectivity index (χ2n) is 9.48. The molecule has 39 heavy (non-hydrogen) atoms. The lowest BCUT2D eigenvalue weighted by molar-refractivity contribution is -0.143. The van der Waals surface area contributed by atoms with Crippen LogP contribution in [0.15, 0.2) is 72.8 Å². The molecule has 0 radical (unpaired) electrons. The fourth-order valence-electron chi connectivity index (χ4n) is 4.99. The van der Waals surface area contributed by atoms with Gasteiger partial charge >= 0.3 is 5.97 Å². The van der Waals surface area contributed by atoms with Crippen molar-refractivity contribution in [3.05, 3.63) is 88.9 Å². The van der Waals surface area contributed by atoms with E-state index < -0.39 is 0 Å². The minimum Gasteiger partial charge on any atom is -0.494 e. The standard InChI is InChI=1S/C31H33ClN2O5/c1-4-38-30(36)10-7-19-39-26-17-11-23(12-18-26)31(37)33-21(2)20-29(27-8-5-6-9-28(27)33)34(22(3)35)25-15-13-24(32)14-16-25/h5-6,8-9,11-18,21,29H,4,7,10,19-20H2,1-3H3. The van der Waals surface area contributed by atoms with Crippen LogP contribution in [0, 0.1) is 0 Å². The van der Waals surface area contributed by atoms with Gasteiger partial charge in [-0.15, -0.1) is 0 Å². The van der Waals surface area contributed by atoms with Gasteiger partial charge < -0.3 is 19.3 Å². The zero-order chi connectivity index (χ0) is 27.9. The number of ether oxygens (including phenoxy) is 2. The largest absolute Gasteiger partial charge is 0.494 e. The van der Waals surface area contributed by atoms with Crippen molar-refractivity contribution in [3.8, 4) is 5.75 Å². The van der Waals surface area contributed by atoms with Gasteiger partial charge in [0.25, 0.3) is 5.91 Å². The summed E-state index contributed by atoms with van der Waals surface area (Å²) in [5.41, 5.74) is 2.99. The number of anilines is 2. The fourth-order valence-corrected chi connectivity index (χ4v) is 5.12. The lowest BCUT2D eigenvalue weighted by Gasteiger charge is -2.43. The molecular weight excluding hydrogens is 516 g/mol. The van der Waals surface area contributed by atoms with Crippen LogP contribution >= 0.6 is 11.6 Å². The average Bonchev–Trinajstić information content (AvgIpc) is 2.92. The Morgan fingerprint density at radius 2 is 1.69 bits per heavy atom. The van der Waals surface area contributed by atoms with Gasteiger partial charge in [-0.2, -0.15) is 0 Å². The van der Waals surface area contributed by atoms with Gasteiger partial charge in [0.1, 0.15) is 5.75 Å². The number of amides is 2. The summed E-state index contributed by atoms with van der Waals surface area (Å²) in [6, 6.07) is 21.6. The Bertz CT molecular complexity index is 1310. The maximum absolute atomic E-state index is 13.7. The predicted molar refractivity (Wildman–Crippen MR) is 152 cm³/mol. The maximum atomic E-state index is 13.7. The SMILES string of the molecule is CCOC(=O)CCCOc1ccc(C(=O)N2c3ccccc3C(N(C(C)=O)c3ccc(Cl)cc3)CC2C)cc1. The molecule has 0 fully saturated rings. The molecule has 0 aliphatic carbocycles. The third-order valence-electron chi connectivity index (χ3n) is 6.74. The zero-order valence-electron chi connectivity index (χ0n) is 22.4. The molecule has 0 saturated heterocycles. The number of hydrogen-bond acceptors (Lipinski definition) is 5. The minimum absolute atomic E-state index is 0.0815. The first-order valence-corrected chi connectivity index (χ1v) is 13.5.